The Bertz CT molecular complexity index is 741. The van der Waals surface area contributed by atoms with Crippen LogP contribution in [0.5, 0.6) is 0 Å². The van der Waals surface area contributed by atoms with Crippen LogP contribution in [0.25, 0.3) is 0 Å². The molecule has 1 fully saturated rings. The summed E-state index contributed by atoms with van der Waals surface area (Å²) in [5.41, 5.74) is 0.441. The highest BCUT2D eigenvalue weighted by Crippen LogP contribution is 2.25. The van der Waals surface area contributed by atoms with Gasteiger partial charge in [0.15, 0.2) is 0 Å². The van der Waals surface area contributed by atoms with Crippen LogP contribution in [0, 0.1) is 5.92 Å². The van der Waals surface area contributed by atoms with E-state index in [4.69, 9.17) is 23.2 Å². The minimum Gasteiger partial charge on any atom is -0.352 e. The summed E-state index contributed by atoms with van der Waals surface area (Å²) < 4.78 is 0. The first-order valence-corrected chi connectivity index (χ1v) is 10.3. The number of rotatable bonds is 6. The molecular weight excluding hydrogens is 401 g/mol. The van der Waals surface area contributed by atoms with Crippen molar-refractivity contribution in [2.45, 2.75) is 52.1 Å². The van der Waals surface area contributed by atoms with E-state index in [1.165, 1.54) is 6.07 Å². The van der Waals surface area contributed by atoms with Crippen molar-refractivity contribution in [3.63, 3.8) is 0 Å². The van der Waals surface area contributed by atoms with Crippen LogP contribution in [0.2, 0.25) is 10.0 Å². The Labute approximate surface area is 175 Å². The molecule has 154 valence electrons. The van der Waals surface area contributed by atoms with Gasteiger partial charge in [-0.2, -0.15) is 0 Å². The van der Waals surface area contributed by atoms with Crippen molar-refractivity contribution in [2.24, 2.45) is 5.92 Å². The first-order valence-electron chi connectivity index (χ1n) is 9.58. The fraction of sp³-hybridized carbons (Fsp3) is 0.550. The average molecular weight is 428 g/mol. The van der Waals surface area contributed by atoms with Crippen molar-refractivity contribution in [1.82, 2.24) is 15.5 Å². The van der Waals surface area contributed by atoms with Gasteiger partial charge in [0.2, 0.25) is 11.8 Å². The van der Waals surface area contributed by atoms with E-state index >= 15 is 0 Å². The molecule has 0 bridgehead atoms. The molecule has 0 spiro atoms. The second kappa shape index (κ2) is 10.1. The Balaban J connectivity index is 1.96. The molecule has 1 heterocycles. The molecule has 0 aromatic heterocycles. The molecule has 0 aliphatic carbocycles. The number of nitrogens with one attached hydrogen (secondary N) is 2. The highest BCUT2D eigenvalue weighted by atomic mass is 35.5. The van der Waals surface area contributed by atoms with Crippen LogP contribution in [0.4, 0.5) is 0 Å². The second-order valence-electron chi connectivity index (χ2n) is 7.27. The lowest BCUT2D eigenvalue weighted by Gasteiger charge is -2.32. The Kier molecular flexibility index (Phi) is 8.13. The molecule has 1 aliphatic heterocycles. The standard InChI is InChI=1S/C20H27Cl2N3O3/c1-4-12(2)23-18(26)13(3)24-19(27)15-6-5-9-25(11-15)20(28)14-7-8-16(21)17(22)10-14/h7-8,10,12-13,15H,4-6,9,11H2,1-3H3,(H,23,26)(H,24,27). The lowest BCUT2D eigenvalue weighted by molar-refractivity contribution is -0.131. The summed E-state index contributed by atoms with van der Waals surface area (Å²) in [6, 6.07) is 4.19. The number of hydrogen-bond donors (Lipinski definition) is 2. The van der Waals surface area contributed by atoms with Crippen molar-refractivity contribution < 1.29 is 14.4 Å². The Morgan fingerprint density at radius 2 is 1.89 bits per heavy atom. The summed E-state index contributed by atoms with van der Waals surface area (Å²) in [7, 11) is 0. The van der Waals surface area contributed by atoms with E-state index in [2.05, 4.69) is 10.6 Å². The third-order valence-electron chi connectivity index (χ3n) is 5.00. The molecule has 2 N–H and O–H groups in total. The van der Waals surface area contributed by atoms with E-state index in [0.717, 1.165) is 12.8 Å². The van der Waals surface area contributed by atoms with Crippen molar-refractivity contribution in [3.05, 3.63) is 33.8 Å². The molecule has 1 aliphatic rings. The van der Waals surface area contributed by atoms with Gasteiger partial charge in [0.1, 0.15) is 6.04 Å². The SMILES string of the molecule is CCC(C)NC(=O)C(C)NC(=O)C1CCCN(C(=O)c2ccc(Cl)c(Cl)c2)C1. The van der Waals surface area contributed by atoms with E-state index in [9.17, 15) is 14.4 Å². The minimum atomic E-state index is -0.623. The number of piperidine rings is 1. The van der Waals surface area contributed by atoms with Gasteiger partial charge in [-0.25, -0.2) is 0 Å². The molecule has 3 atom stereocenters. The predicted octanol–water partition coefficient (Wildman–Crippen LogP) is 3.27. The lowest BCUT2D eigenvalue weighted by Crippen LogP contribution is -2.51. The Morgan fingerprint density at radius 3 is 2.54 bits per heavy atom. The van der Waals surface area contributed by atoms with Gasteiger partial charge in [0.05, 0.1) is 16.0 Å². The molecule has 8 heteroatoms. The maximum Gasteiger partial charge on any atom is 0.253 e. The van der Waals surface area contributed by atoms with Gasteiger partial charge in [-0.1, -0.05) is 30.1 Å². The number of likely N-dealkylation sites (tertiary alicyclic amines) is 1. The largest absolute Gasteiger partial charge is 0.352 e. The van der Waals surface area contributed by atoms with Crippen LogP contribution in [0.15, 0.2) is 18.2 Å². The number of carbonyl (C=O) groups is 3. The molecule has 3 unspecified atom stereocenters. The summed E-state index contributed by atoms with van der Waals surface area (Å²) >= 11 is 11.9. The highest BCUT2D eigenvalue weighted by Gasteiger charge is 2.30. The predicted molar refractivity (Wildman–Crippen MR) is 111 cm³/mol. The van der Waals surface area contributed by atoms with E-state index in [-0.39, 0.29) is 29.7 Å². The minimum absolute atomic E-state index is 0.0563. The highest BCUT2D eigenvalue weighted by molar-refractivity contribution is 6.42. The number of halogens is 2. The summed E-state index contributed by atoms with van der Waals surface area (Å²) in [5.74, 6) is -0.946. The van der Waals surface area contributed by atoms with Gasteiger partial charge in [-0.15, -0.1) is 0 Å². The summed E-state index contributed by atoms with van der Waals surface area (Å²) in [6.07, 6.45) is 2.22. The Morgan fingerprint density at radius 1 is 1.18 bits per heavy atom. The van der Waals surface area contributed by atoms with Crippen LogP contribution >= 0.6 is 23.2 Å². The maximum atomic E-state index is 12.7. The van der Waals surface area contributed by atoms with E-state index in [0.29, 0.717) is 35.1 Å². The zero-order valence-corrected chi connectivity index (χ0v) is 17.9. The van der Waals surface area contributed by atoms with Crippen molar-refractivity contribution >= 4 is 40.9 Å². The second-order valence-corrected chi connectivity index (χ2v) is 8.08. The molecule has 28 heavy (non-hydrogen) atoms. The lowest BCUT2D eigenvalue weighted by atomic mass is 9.96. The van der Waals surface area contributed by atoms with Crippen LogP contribution in [-0.2, 0) is 9.59 Å². The molecule has 3 amide bonds. The summed E-state index contributed by atoms with van der Waals surface area (Å²) in [6.45, 7) is 6.45. The van der Waals surface area contributed by atoms with Gasteiger partial charge in [-0.3, -0.25) is 14.4 Å². The number of carbonyl (C=O) groups excluding carboxylic acids is 3. The van der Waals surface area contributed by atoms with Crippen LogP contribution in [-0.4, -0.2) is 47.8 Å². The van der Waals surface area contributed by atoms with Gasteiger partial charge < -0.3 is 15.5 Å². The van der Waals surface area contributed by atoms with Crippen molar-refractivity contribution in [1.29, 1.82) is 0 Å². The third kappa shape index (κ3) is 5.85. The van der Waals surface area contributed by atoms with Gasteiger partial charge in [-0.05, 0) is 51.3 Å². The molecule has 1 aromatic carbocycles. The van der Waals surface area contributed by atoms with Crippen molar-refractivity contribution in [3.8, 4) is 0 Å². The zero-order chi connectivity index (χ0) is 20.8. The van der Waals surface area contributed by atoms with Crippen LogP contribution < -0.4 is 10.6 Å². The third-order valence-corrected chi connectivity index (χ3v) is 5.74. The molecule has 1 aromatic rings. The smallest absolute Gasteiger partial charge is 0.253 e. The Hall–Kier alpha value is -1.79. The van der Waals surface area contributed by atoms with Crippen LogP contribution in [0.3, 0.4) is 0 Å². The maximum absolute atomic E-state index is 12.7. The summed E-state index contributed by atoms with van der Waals surface area (Å²) in [5, 5.41) is 6.33. The fourth-order valence-corrected chi connectivity index (χ4v) is 3.35. The van der Waals surface area contributed by atoms with Gasteiger partial charge in [0.25, 0.3) is 5.91 Å². The molecule has 6 nitrogen and oxygen atoms in total. The fourth-order valence-electron chi connectivity index (χ4n) is 3.05. The van der Waals surface area contributed by atoms with Gasteiger partial charge in [0, 0.05) is 24.7 Å². The summed E-state index contributed by atoms with van der Waals surface area (Å²) in [4.78, 5) is 39.1. The topological polar surface area (TPSA) is 78.5 Å². The van der Waals surface area contributed by atoms with E-state index in [1.54, 1.807) is 24.0 Å². The monoisotopic (exact) mass is 427 g/mol. The van der Waals surface area contributed by atoms with E-state index < -0.39 is 6.04 Å². The molecule has 1 saturated heterocycles. The van der Waals surface area contributed by atoms with Gasteiger partial charge >= 0.3 is 0 Å². The van der Waals surface area contributed by atoms with E-state index in [1.807, 2.05) is 13.8 Å². The number of amides is 3. The zero-order valence-electron chi connectivity index (χ0n) is 16.4. The molecule has 2 rings (SSSR count). The first kappa shape index (κ1) is 22.5. The number of nitrogens with zero attached hydrogens (tertiary/aromatic N) is 1. The average Bonchev–Trinajstić information content (AvgIpc) is 2.69. The normalized spacial score (nSPS) is 18.9. The molecular formula is C20H27Cl2N3O3. The van der Waals surface area contributed by atoms with Crippen molar-refractivity contribution in [2.75, 3.05) is 13.1 Å². The molecule has 0 radical (unpaired) electrons. The number of hydrogen-bond acceptors (Lipinski definition) is 3. The first-order chi connectivity index (χ1) is 13.2. The number of benzene rings is 1. The quantitative estimate of drug-likeness (QED) is 0.730. The van der Waals surface area contributed by atoms with Crippen LogP contribution in [0.1, 0.15) is 50.4 Å². The molecule has 0 saturated carbocycles.